The van der Waals surface area contributed by atoms with Crippen LogP contribution in [0.2, 0.25) is 0 Å². The molecule has 28 heavy (non-hydrogen) atoms. The zero-order chi connectivity index (χ0) is 20.6. The highest BCUT2D eigenvalue weighted by Crippen LogP contribution is 2.21. The third-order valence-electron chi connectivity index (χ3n) is 3.41. The van der Waals surface area contributed by atoms with E-state index in [1.807, 2.05) is 0 Å². The van der Waals surface area contributed by atoms with Crippen molar-refractivity contribution in [3.8, 4) is 5.75 Å². The number of rotatable bonds is 14. The minimum Gasteiger partial charge on any atom is -0.496 e. The summed E-state index contributed by atoms with van der Waals surface area (Å²) in [5.41, 5.74) is 6.61. The molecule has 0 saturated carbocycles. The van der Waals surface area contributed by atoms with E-state index in [4.69, 9.17) is 29.4 Å². The van der Waals surface area contributed by atoms with Crippen LogP contribution < -0.4 is 21.1 Å². The molecule has 10 heteroatoms. The fraction of sp³-hybridized carbons (Fsp3) is 0.556. The first-order chi connectivity index (χ1) is 13.6. The molecule has 0 aliphatic heterocycles. The van der Waals surface area contributed by atoms with Crippen molar-refractivity contribution in [3.63, 3.8) is 0 Å². The summed E-state index contributed by atoms with van der Waals surface area (Å²) in [7, 11) is 2.97. The molecule has 4 N–H and O–H groups in total. The lowest BCUT2D eigenvalue weighted by Crippen LogP contribution is -2.28. The lowest BCUT2D eigenvalue weighted by Gasteiger charge is -2.10. The van der Waals surface area contributed by atoms with E-state index in [1.54, 1.807) is 18.2 Å². The topological polar surface area (TPSA) is 130 Å². The molecule has 10 nitrogen and oxygen atoms in total. The zero-order valence-corrected chi connectivity index (χ0v) is 16.3. The maximum atomic E-state index is 12.1. The van der Waals surface area contributed by atoms with Gasteiger partial charge in [-0.1, -0.05) is 0 Å². The Morgan fingerprint density at radius 3 is 2.18 bits per heavy atom. The highest BCUT2D eigenvalue weighted by Gasteiger charge is 2.11. The molecule has 1 rings (SSSR count). The number of benzene rings is 1. The van der Waals surface area contributed by atoms with Gasteiger partial charge in [0.15, 0.2) is 0 Å². The van der Waals surface area contributed by atoms with Gasteiger partial charge in [0.25, 0.3) is 5.91 Å². The van der Waals surface area contributed by atoms with E-state index in [-0.39, 0.29) is 12.5 Å². The Labute approximate surface area is 164 Å². The summed E-state index contributed by atoms with van der Waals surface area (Å²) in [5, 5.41) is 5.09. The van der Waals surface area contributed by atoms with E-state index in [0.717, 1.165) is 0 Å². The van der Waals surface area contributed by atoms with Gasteiger partial charge in [-0.05, 0) is 12.1 Å². The van der Waals surface area contributed by atoms with Gasteiger partial charge >= 0.3 is 6.09 Å². The molecule has 0 unspecified atom stereocenters. The SMILES string of the molecule is CNC(=O)OCCOCCOCCOCCNC(=O)c1ccc(N)cc1OC. The molecule has 0 saturated heterocycles. The molecule has 158 valence electrons. The second-order valence-electron chi connectivity index (χ2n) is 5.44. The number of hydrogen-bond acceptors (Lipinski definition) is 8. The fourth-order valence-electron chi connectivity index (χ4n) is 2.03. The largest absolute Gasteiger partial charge is 0.496 e. The number of hydrogen-bond donors (Lipinski definition) is 3. The summed E-state index contributed by atoms with van der Waals surface area (Å²) >= 11 is 0. The van der Waals surface area contributed by atoms with Gasteiger partial charge in [0, 0.05) is 25.3 Å². The highest BCUT2D eigenvalue weighted by molar-refractivity contribution is 5.97. The third-order valence-corrected chi connectivity index (χ3v) is 3.41. The Bertz CT molecular complexity index is 599. The second kappa shape index (κ2) is 14.5. The van der Waals surface area contributed by atoms with Gasteiger partial charge in [-0.25, -0.2) is 4.79 Å². The summed E-state index contributed by atoms with van der Waals surface area (Å²) in [6, 6.07) is 4.86. The van der Waals surface area contributed by atoms with Crippen molar-refractivity contribution in [2.75, 3.05) is 72.7 Å². The Kier molecular flexibility index (Phi) is 12.2. The third kappa shape index (κ3) is 9.95. The standard InChI is InChI=1S/C18H29N3O7/c1-20-18(23)28-12-11-27-10-9-26-8-7-25-6-5-21-17(22)15-4-3-14(19)13-16(15)24-2/h3-4,13H,5-12,19H2,1-2H3,(H,20,23)(H,21,22). The first-order valence-electron chi connectivity index (χ1n) is 8.88. The van der Waals surface area contributed by atoms with Gasteiger partial charge in [0.1, 0.15) is 12.4 Å². The van der Waals surface area contributed by atoms with Crippen LogP contribution in [-0.4, -0.2) is 79.0 Å². The number of carbonyl (C=O) groups is 2. The van der Waals surface area contributed by atoms with Crippen molar-refractivity contribution in [1.29, 1.82) is 0 Å². The molecule has 0 heterocycles. The molecule has 1 aromatic carbocycles. The maximum absolute atomic E-state index is 12.1. The van der Waals surface area contributed by atoms with Crippen LogP contribution in [0.3, 0.4) is 0 Å². The van der Waals surface area contributed by atoms with Crippen LogP contribution in [0.5, 0.6) is 5.75 Å². The van der Waals surface area contributed by atoms with Gasteiger partial charge in [0.05, 0.1) is 52.3 Å². The molecule has 2 amide bonds. The highest BCUT2D eigenvalue weighted by atomic mass is 16.6. The zero-order valence-electron chi connectivity index (χ0n) is 16.3. The quantitative estimate of drug-likeness (QED) is 0.303. The smallest absolute Gasteiger partial charge is 0.406 e. The molecular weight excluding hydrogens is 370 g/mol. The second-order valence-corrected chi connectivity index (χ2v) is 5.44. The van der Waals surface area contributed by atoms with Crippen molar-refractivity contribution in [1.82, 2.24) is 10.6 Å². The Morgan fingerprint density at radius 2 is 1.57 bits per heavy atom. The molecule has 0 radical (unpaired) electrons. The predicted molar refractivity (Wildman–Crippen MR) is 103 cm³/mol. The molecule has 0 atom stereocenters. The van der Waals surface area contributed by atoms with E-state index in [2.05, 4.69) is 10.6 Å². The van der Waals surface area contributed by atoms with Gasteiger partial charge < -0.3 is 40.1 Å². The summed E-state index contributed by atoms with van der Waals surface area (Å²) in [6.07, 6.45) is -0.485. The average molecular weight is 399 g/mol. The minimum atomic E-state index is -0.485. The van der Waals surface area contributed by atoms with Crippen molar-refractivity contribution >= 4 is 17.7 Å². The summed E-state index contributed by atoms with van der Waals surface area (Å²) in [4.78, 5) is 22.9. The first kappa shape index (κ1) is 23.5. The van der Waals surface area contributed by atoms with E-state index < -0.39 is 6.09 Å². The van der Waals surface area contributed by atoms with Crippen LogP contribution in [0.15, 0.2) is 18.2 Å². The van der Waals surface area contributed by atoms with E-state index >= 15 is 0 Å². The number of nitrogen functional groups attached to an aromatic ring is 1. The van der Waals surface area contributed by atoms with Crippen LogP contribution in [0.4, 0.5) is 10.5 Å². The summed E-state index contributed by atoms with van der Waals surface area (Å²) in [6.45, 7) is 2.86. The number of nitrogens with one attached hydrogen (secondary N) is 2. The molecule has 0 aliphatic carbocycles. The van der Waals surface area contributed by atoms with Crippen LogP contribution in [0.25, 0.3) is 0 Å². The van der Waals surface area contributed by atoms with Crippen LogP contribution >= 0.6 is 0 Å². The minimum absolute atomic E-state index is 0.191. The number of anilines is 1. The normalized spacial score (nSPS) is 10.4. The van der Waals surface area contributed by atoms with E-state index in [1.165, 1.54) is 14.2 Å². The predicted octanol–water partition coefficient (Wildman–Crippen LogP) is 0.413. The number of amides is 2. The molecule has 1 aromatic rings. The summed E-state index contributed by atoms with van der Waals surface area (Å²) in [5.74, 6) is 0.170. The molecule has 0 bridgehead atoms. The number of carbonyl (C=O) groups excluding carboxylic acids is 2. The lowest BCUT2D eigenvalue weighted by molar-refractivity contribution is 0.00631. The van der Waals surface area contributed by atoms with Gasteiger partial charge in [-0.2, -0.15) is 0 Å². The Morgan fingerprint density at radius 1 is 0.964 bits per heavy atom. The molecular formula is C18H29N3O7. The van der Waals surface area contributed by atoms with Crippen molar-refractivity contribution < 1.29 is 33.3 Å². The van der Waals surface area contributed by atoms with Crippen molar-refractivity contribution in [3.05, 3.63) is 23.8 Å². The molecule has 0 aliphatic rings. The maximum Gasteiger partial charge on any atom is 0.406 e. The molecule has 0 spiro atoms. The van der Waals surface area contributed by atoms with Crippen molar-refractivity contribution in [2.24, 2.45) is 0 Å². The van der Waals surface area contributed by atoms with E-state index in [9.17, 15) is 9.59 Å². The number of methoxy groups -OCH3 is 1. The van der Waals surface area contributed by atoms with Gasteiger partial charge in [0.2, 0.25) is 0 Å². The number of nitrogens with two attached hydrogens (primary N) is 1. The van der Waals surface area contributed by atoms with E-state index in [0.29, 0.717) is 63.2 Å². The average Bonchev–Trinajstić information content (AvgIpc) is 2.70. The summed E-state index contributed by atoms with van der Waals surface area (Å²) < 4.78 is 25.9. The van der Waals surface area contributed by atoms with Crippen LogP contribution in [0, 0.1) is 0 Å². The van der Waals surface area contributed by atoms with Crippen LogP contribution in [0.1, 0.15) is 10.4 Å². The van der Waals surface area contributed by atoms with Gasteiger partial charge in [-0.15, -0.1) is 0 Å². The fourth-order valence-corrected chi connectivity index (χ4v) is 2.03. The molecule has 0 fully saturated rings. The Hall–Kier alpha value is -2.56. The lowest BCUT2D eigenvalue weighted by atomic mass is 10.1. The van der Waals surface area contributed by atoms with Gasteiger partial charge in [-0.3, -0.25) is 4.79 Å². The molecule has 0 aromatic heterocycles. The first-order valence-corrected chi connectivity index (χ1v) is 8.88. The number of alkyl carbamates (subject to hydrolysis) is 1. The monoisotopic (exact) mass is 399 g/mol. The van der Waals surface area contributed by atoms with Crippen LogP contribution in [-0.2, 0) is 18.9 Å². The Balaban J connectivity index is 1.97. The van der Waals surface area contributed by atoms with Crippen molar-refractivity contribution in [2.45, 2.75) is 0 Å². The number of ether oxygens (including phenoxy) is 5.